The monoisotopic (exact) mass is 291 g/mol. The summed E-state index contributed by atoms with van der Waals surface area (Å²) in [7, 11) is 0. The first kappa shape index (κ1) is 13.3. The van der Waals surface area contributed by atoms with Gasteiger partial charge in [0.25, 0.3) is 5.91 Å². The lowest BCUT2D eigenvalue weighted by Gasteiger charge is -2.08. The molecule has 0 saturated carbocycles. The highest BCUT2D eigenvalue weighted by Crippen LogP contribution is 2.25. The fourth-order valence-corrected chi connectivity index (χ4v) is 3.10. The average molecular weight is 291 g/mol. The van der Waals surface area contributed by atoms with Crippen molar-refractivity contribution in [1.29, 1.82) is 0 Å². The summed E-state index contributed by atoms with van der Waals surface area (Å²) in [6, 6.07) is 2.08. The average Bonchev–Trinajstić information content (AvgIpc) is 3.19. The van der Waals surface area contributed by atoms with Crippen molar-refractivity contribution in [2.24, 2.45) is 0 Å². The molecule has 0 spiro atoms. The molecule has 3 rings (SSSR count). The van der Waals surface area contributed by atoms with Crippen LogP contribution in [-0.4, -0.2) is 35.9 Å². The van der Waals surface area contributed by atoms with Crippen molar-refractivity contribution >= 4 is 17.2 Å². The smallest absolute Gasteiger partial charge is 0.254 e. The van der Waals surface area contributed by atoms with Crippen molar-refractivity contribution < 1.29 is 9.53 Å². The van der Waals surface area contributed by atoms with Crippen LogP contribution in [0.25, 0.3) is 0 Å². The summed E-state index contributed by atoms with van der Waals surface area (Å²) < 4.78 is 5.37. The minimum Gasteiger partial charge on any atom is -0.381 e. The van der Waals surface area contributed by atoms with Crippen molar-refractivity contribution in [2.45, 2.75) is 18.8 Å². The molecule has 1 aliphatic rings. The van der Waals surface area contributed by atoms with Crippen molar-refractivity contribution in [3.05, 3.63) is 39.8 Å². The summed E-state index contributed by atoms with van der Waals surface area (Å²) in [6.45, 7) is 2.06. The predicted molar refractivity (Wildman–Crippen MR) is 77.1 cm³/mol. The van der Waals surface area contributed by atoms with E-state index in [0.29, 0.717) is 18.7 Å². The third-order valence-corrected chi connectivity index (χ3v) is 4.26. The summed E-state index contributed by atoms with van der Waals surface area (Å²) in [4.78, 5) is 12.2. The largest absolute Gasteiger partial charge is 0.381 e. The number of amides is 1. The predicted octanol–water partition coefficient (Wildman–Crippen LogP) is 1.95. The maximum Gasteiger partial charge on any atom is 0.254 e. The van der Waals surface area contributed by atoms with Crippen molar-refractivity contribution in [2.75, 3.05) is 19.8 Å². The third-order valence-electron chi connectivity index (χ3n) is 3.53. The molecule has 0 aromatic carbocycles. The molecule has 2 N–H and O–H groups in total. The van der Waals surface area contributed by atoms with Crippen LogP contribution >= 0.6 is 11.3 Å². The van der Waals surface area contributed by atoms with Crippen LogP contribution in [0.1, 0.15) is 34.0 Å². The summed E-state index contributed by atoms with van der Waals surface area (Å²) >= 11 is 1.67. The number of nitrogens with one attached hydrogen (secondary N) is 2. The van der Waals surface area contributed by atoms with E-state index in [1.54, 1.807) is 17.5 Å². The quantitative estimate of drug-likeness (QED) is 0.885. The summed E-state index contributed by atoms with van der Waals surface area (Å²) in [5, 5.41) is 14.1. The SMILES string of the molecule is O=C(NCCc1ccsc1)c1cn[nH]c1[C@@H]1CCOC1. The molecule has 0 aliphatic carbocycles. The first-order valence-electron chi connectivity index (χ1n) is 6.75. The fourth-order valence-electron chi connectivity index (χ4n) is 2.40. The van der Waals surface area contributed by atoms with Gasteiger partial charge in [-0.25, -0.2) is 0 Å². The maximum absolute atomic E-state index is 12.2. The Bertz CT molecular complexity index is 559. The molecule has 2 aromatic rings. The minimum absolute atomic E-state index is 0.0594. The first-order valence-corrected chi connectivity index (χ1v) is 7.69. The van der Waals surface area contributed by atoms with Gasteiger partial charge in [-0.15, -0.1) is 0 Å². The number of ether oxygens (including phenoxy) is 1. The van der Waals surface area contributed by atoms with E-state index >= 15 is 0 Å². The van der Waals surface area contributed by atoms with Crippen LogP contribution in [0.2, 0.25) is 0 Å². The van der Waals surface area contributed by atoms with Gasteiger partial charge in [0.15, 0.2) is 0 Å². The molecule has 1 atom stereocenters. The number of aromatic amines is 1. The van der Waals surface area contributed by atoms with Crippen LogP contribution in [-0.2, 0) is 11.2 Å². The highest BCUT2D eigenvalue weighted by Gasteiger charge is 2.24. The van der Waals surface area contributed by atoms with Crippen LogP contribution in [0.15, 0.2) is 23.0 Å². The van der Waals surface area contributed by atoms with Gasteiger partial charge in [0, 0.05) is 19.1 Å². The highest BCUT2D eigenvalue weighted by molar-refractivity contribution is 7.07. The molecule has 1 saturated heterocycles. The Hall–Kier alpha value is -1.66. The molecule has 2 aromatic heterocycles. The third kappa shape index (κ3) is 2.91. The molecule has 5 nitrogen and oxygen atoms in total. The Morgan fingerprint density at radius 3 is 3.30 bits per heavy atom. The normalized spacial score (nSPS) is 18.3. The van der Waals surface area contributed by atoms with Crippen LogP contribution in [0.5, 0.6) is 0 Å². The molecule has 0 unspecified atom stereocenters. The summed E-state index contributed by atoms with van der Waals surface area (Å²) in [5.41, 5.74) is 2.80. The van der Waals surface area contributed by atoms with Gasteiger partial charge in [0.05, 0.1) is 24.1 Å². The maximum atomic E-state index is 12.2. The number of carbonyl (C=O) groups is 1. The Labute approximate surface area is 121 Å². The Morgan fingerprint density at radius 1 is 1.60 bits per heavy atom. The standard InChI is InChI=1S/C14H17N3O2S/c18-14(15-4-1-10-3-6-20-9-10)12-7-16-17-13(12)11-2-5-19-8-11/h3,6-7,9,11H,1-2,4-5,8H2,(H,15,18)(H,16,17)/t11-/m1/s1. The number of aromatic nitrogens is 2. The van der Waals surface area contributed by atoms with Gasteiger partial charge in [-0.3, -0.25) is 9.89 Å². The Kier molecular flexibility index (Phi) is 4.13. The second kappa shape index (κ2) is 6.19. The Balaban J connectivity index is 1.58. The lowest BCUT2D eigenvalue weighted by Crippen LogP contribution is -2.26. The van der Waals surface area contributed by atoms with Gasteiger partial charge in [-0.2, -0.15) is 16.4 Å². The van der Waals surface area contributed by atoms with Gasteiger partial charge in [0.1, 0.15) is 0 Å². The minimum atomic E-state index is -0.0594. The molecule has 106 valence electrons. The van der Waals surface area contributed by atoms with Gasteiger partial charge in [0.2, 0.25) is 0 Å². The van der Waals surface area contributed by atoms with Crippen LogP contribution in [0, 0.1) is 0 Å². The summed E-state index contributed by atoms with van der Waals surface area (Å²) in [6.07, 6.45) is 3.40. The van der Waals surface area contributed by atoms with Gasteiger partial charge in [-0.1, -0.05) is 0 Å². The van der Waals surface area contributed by atoms with Crippen molar-refractivity contribution in [3.8, 4) is 0 Å². The molecule has 1 aliphatic heterocycles. The molecule has 0 bridgehead atoms. The second-order valence-electron chi connectivity index (χ2n) is 4.90. The number of H-pyrrole nitrogens is 1. The molecule has 1 amide bonds. The van der Waals surface area contributed by atoms with E-state index < -0.39 is 0 Å². The molecule has 20 heavy (non-hydrogen) atoms. The molecule has 6 heteroatoms. The van der Waals surface area contributed by atoms with E-state index in [4.69, 9.17) is 4.74 Å². The van der Waals surface area contributed by atoms with Crippen molar-refractivity contribution in [1.82, 2.24) is 15.5 Å². The van der Waals surface area contributed by atoms with Gasteiger partial charge >= 0.3 is 0 Å². The van der Waals surface area contributed by atoms with E-state index in [2.05, 4.69) is 27.0 Å². The van der Waals surface area contributed by atoms with Crippen molar-refractivity contribution in [3.63, 3.8) is 0 Å². The first-order chi connectivity index (χ1) is 9.84. The zero-order chi connectivity index (χ0) is 13.8. The summed E-state index contributed by atoms with van der Waals surface area (Å²) in [5.74, 6) is 0.200. The molecular weight excluding hydrogens is 274 g/mol. The zero-order valence-corrected chi connectivity index (χ0v) is 11.9. The van der Waals surface area contributed by atoms with E-state index in [-0.39, 0.29) is 11.8 Å². The number of hydrogen-bond acceptors (Lipinski definition) is 4. The van der Waals surface area contributed by atoms with Crippen LogP contribution in [0.3, 0.4) is 0 Å². The van der Waals surface area contributed by atoms with E-state index in [9.17, 15) is 4.79 Å². The molecule has 1 fully saturated rings. The number of rotatable bonds is 5. The zero-order valence-electron chi connectivity index (χ0n) is 11.1. The molecule has 0 radical (unpaired) electrons. The number of nitrogens with zero attached hydrogens (tertiary/aromatic N) is 1. The lowest BCUT2D eigenvalue weighted by atomic mass is 10.0. The van der Waals surface area contributed by atoms with Gasteiger partial charge < -0.3 is 10.1 Å². The topological polar surface area (TPSA) is 67.0 Å². The number of carbonyl (C=O) groups excluding carboxylic acids is 1. The van der Waals surface area contributed by atoms with E-state index in [1.165, 1.54) is 5.56 Å². The fraction of sp³-hybridized carbons (Fsp3) is 0.429. The van der Waals surface area contributed by atoms with Gasteiger partial charge in [-0.05, 0) is 35.2 Å². The number of thiophene rings is 1. The molecular formula is C14H17N3O2S. The van der Waals surface area contributed by atoms with Crippen LogP contribution < -0.4 is 5.32 Å². The second-order valence-corrected chi connectivity index (χ2v) is 5.68. The lowest BCUT2D eigenvalue weighted by molar-refractivity contribution is 0.0952. The number of hydrogen-bond donors (Lipinski definition) is 2. The Morgan fingerprint density at radius 2 is 2.55 bits per heavy atom. The van der Waals surface area contributed by atoms with E-state index in [1.807, 2.05) is 5.38 Å². The van der Waals surface area contributed by atoms with Crippen LogP contribution in [0.4, 0.5) is 0 Å². The molecule has 3 heterocycles. The van der Waals surface area contributed by atoms with E-state index in [0.717, 1.165) is 25.1 Å². The highest BCUT2D eigenvalue weighted by atomic mass is 32.1.